The van der Waals surface area contributed by atoms with Crippen molar-refractivity contribution in [3.05, 3.63) is 42.0 Å². The first-order valence-corrected chi connectivity index (χ1v) is 7.79. The van der Waals surface area contributed by atoms with Gasteiger partial charge in [0.05, 0.1) is 13.1 Å². The van der Waals surface area contributed by atoms with Gasteiger partial charge >= 0.3 is 0 Å². The highest BCUT2D eigenvalue weighted by molar-refractivity contribution is 5.96. The lowest BCUT2D eigenvalue weighted by Gasteiger charge is -2.25. The van der Waals surface area contributed by atoms with Crippen molar-refractivity contribution in [2.75, 3.05) is 18.0 Å². The molecule has 1 N–H and O–H groups in total. The Morgan fingerprint density at radius 1 is 1.32 bits per heavy atom. The van der Waals surface area contributed by atoms with Crippen molar-refractivity contribution in [1.82, 2.24) is 20.1 Å². The third-order valence-electron chi connectivity index (χ3n) is 4.54. The van der Waals surface area contributed by atoms with Crippen LogP contribution in [0.4, 0.5) is 5.69 Å². The van der Waals surface area contributed by atoms with Gasteiger partial charge in [-0.15, -0.1) is 0 Å². The molecule has 1 atom stereocenters. The Bertz CT molecular complexity index is 695. The van der Waals surface area contributed by atoms with E-state index in [4.69, 9.17) is 0 Å². The molecule has 22 heavy (non-hydrogen) atoms. The highest BCUT2D eigenvalue weighted by atomic mass is 16.2. The van der Waals surface area contributed by atoms with E-state index in [0.717, 1.165) is 43.9 Å². The Balaban J connectivity index is 1.36. The van der Waals surface area contributed by atoms with Crippen LogP contribution in [0.1, 0.15) is 17.8 Å². The Labute approximate surface area is 129 Å². The molecular formula is C16H19N5O. The smallest absolute Gasteiger partial charge is 0.240 e. The summed E-state index contributed by atoms with van der Waals surface area (Å²) in [7, 11) is 0. The number of rotatable bonds is 3. The lowest BCUT2D eigenvalue weighted by Crippen LogP contribution is -2.44. The van der Waals surface area contributed by atoms with E-state index in [9.17, 15) is 4.79 Å². The fraction of sp³-hybridized carbons (Fsp3) is 0.438. The lowest BCUT2D eigenvalue weighted by atomic mass is 10.1. The topological polar surface area (TPSA) is 63.1 Å². The highest BCUT2D eigenvalue weighted by Crippen LogP contribution is 2.27. The minimum Gasteiger partial charge on any atom is -0.311 e. The number of carbonyl (C=O) groups excluding carboxylic acids is 1. The van der Waals surface area contributed by atoms with Gasteiger partial charge in [0, 0.05) is 24.7 Å². The third kappa shape index (κ3) is 2.39. The van der Waals surface area contributed by atoms with E-state index in [1.165, 1.54) is 5.56 Å². The number of para-hydroxylation sites is 1. The maximum Gasteiger partial charge on any atom is 0.240 e. The molecule has 0 saturated heterocycles. The van der Waals surface area contributed by atoms with Gasteiger partial charge in [-0.2, -0.15) is 5.10 Å². The monoisotopic (exact) mass is 297 g/mol. The number of anilines is 1. The summed E-state index contributed by atoms with van der Waals surface area (Å²) in [6, 6.07) is 8.44. The van der Waals surface area contributed by atoms with Gasteiger partial charge < -0.3 is 10.2 Å². The summed E-state index contributed by atoms with van der Waals surface area (Å²) >= 11 is 0. The van der Waals surface area contributed by atoms with E-state index in [2.05, 4.69) is 21.5 Å². The van der Waals surface area contributed by atoms with Crippen molar-refractivity contribution in [2.24, 2.45) is 0 Å². The van der Waals surface area contributed by atoms with E-state index < -0.39 is 0 Å². The zero-order valence-corrected chi connectivity index (χ0v) is 12.4. The van der Waals surface area contributed by atoms with Gasteiger partial charge in [0.25, 0.3) is 0 Å². The number of fused-ring (bicyclic) bond motifs is 2. The van der Waals surface area contributed by atoms with Gasteiger partial charge in [-0.1, -0.05) is 18.2 Å². The van der Waals surface area contributed by atoms with Crippen LogP contribution in [0.2, 0.25) is 0 Å². The Hall–Kier alpha value is -2.21. The van der Waals surface area contributed by atoms with Crippen molar-refractivity contribution in [3.8, 4) is 0 Å². The lowest BCUT2D eigenvalue weighted by molar-refractivity contribution is -0.117. The largest absolute Gasteiger partial charge is 0.311 e. The molecule has 2 aliphatic rings. The molecule has 4 rings (SSSR count). The van der Waals surface area contributed by atoms with Crippen molar-refractivity contribution in [2.45, 2.75) is 31.8 Å². The predicted molar refractivity (Wildman–Crippen MR) is 82.6 cm³/mol. The third-order valence-corrected chi connectivity index (χ3v) is 4.54. The second kappa shape index (κ2) is 5.53. The Morgan fingerprint density at radius 2 is 2.23 bits per heavy atom. The van der Waals surface area contributed by atoms with Crippen LogP contribution in [0.15, 0.2) is 30.6 Å². The number of aromatic nitrogens is 3. The molecule has 1 aromatic heterocycles. The summed E-state index contributed by atoms with van der Waals surface area (Å²) < 4.78 is 1.93. The van der Waals surface area contributed by atoms with Gasteiger partial charge in [0.15, 0.2) is 0 Å². The predicted octanol–water partition coefficient (Wildman–Crippen LogP) is 0.772. The van der Waals surface area contributed by atoms with Crippen molar-refractivity contribution in [1.29, 1.82) is 0 Å². The van der Waals surface area contributed by atoms with Crippen molar-refractivity contribution < 1.29 is 4.79 Å². The molecule has 114 valence electrons. The van der Waals surface area contributed by atoms with E-state index >= 15 is 0 Å². The molecule has 3 heterocycles. The molecule has 0 spiro atoms. The highest BCUT2D eigenvalue weighted by Gasteiger charge is 2.25. The van der Waals surface area contributed by atoms with Crippen molar-refractivity contribution in [3.63, 3.8) is 0 Å². The quantitative estimate of drug-likeness (QED) is 0.909. The van der Waals surface area contributed by atoms with Crippen LogP contribution in [-0.2, 0) is 24.2 Å². The summed E-state index contributed by atoms with van der Waals surface area (Å²) in [4.78, 5) is 18.6. The molecule has 0 aliphatic carbocycles. The number of benzene rings is 1. The maximum absolute atomic E-state index is 12.5. The normalized spacial score (nSPS) is 19.8. The molecule has 6 heteroatoms. The standard InChI is InChI=1S/C16H19N5O/c22-16(20-8-7-12-3-1-2-4-14(12)20)9-17-13-5-6-15-18-11-19-21(15)10-13/h1-4,11,13,17H,5-10H2/t13-/m0/s1. The second-order valence-corrected chi connectivity index (χ2v) is 5.90. The summed E-state index contributed by atoms with van der Waals surface area (Å²) in [6.45, 7) is 1.96. The van der Waals surface area contributed by atoms with Crippen molar-refractivity contribution >= 4 is 11.6 Å². The minimum absolute atomic E-state index is 0.148. The average molecular weight is 297 g/mol. The molecule has 0 unspecified atom stereocenters. The first-order chi connectivity index (χ1) is 10.8. The summed E-state index contributed by atoms with van der Waals surface area (Å²) in [5.74, 6) is 1.19. The van der Waals surface area contributed by atoms with Crippen LogP contribution in [0.5, 0.6) is 0 Å². The van der Waals surface area contributed by atoms with Crippen LogP contribution in [0.3, 0.4) is 0 Å². The molecule has 1 aromatic carbocycles. The number of hydrogen-bond donors (Lipinski definition) is 1. The zero-order chi connectivity index (χ0) is 14.9. The number of hydrogen-bond acceptors (Lipinski definition) is 4. The Morgan fingerprint density at radius 3 is 3.18 bits per heavy atom. The molecular weight excluding hydrogens is 278 g/mol. The summed E-state index contributed by atoms with van der Waals surface area (Å²) in [5, 5.41) is 7.59. The van der Waals surface area contributed by atoms with E-state index in [1.807, 2.05) is 27.8 Å². The number of nitrogens with one attached hydrogen (secondary N) is 1. The number of nitrogens with zero attached hydrogens (tertiary/aromatic N) is 4. The summed E-state index contributed by atoms with van der Waals surface area (Å²) in [5.41, 5.74) is 2.33. The number of amides is 1. The van der Waals surface area contributed by atoms with E-state index in [0.29, 0.717) is 6.54 Å². The van der Waals surface area contributed by atoms with Crippen LogP contribution < -0.4 is 10.2 Å². The summed E-state index contributed by atoms with van der Waals surface area (Å²) in [6.07, 6.45) is 4.47. The van der Waals surface area contributed by atoms with E-state index in [-0.39, 0.29) is 11.9 Å². The van der Waals surface area contributed by atoms with Gasteiger partial charge in [-0.25, -0.2) is 9.67 Å². The molecule has 0 saturated carbocycles. The average Bonchev–Trinajstić information content (AvgIpc) is 3.18. The van der Waals surface area contributed by atoms with Crippen LogP contribution in [-0.4, -0.2) is 39.8 Å². The van der Waals surface area contributed by atoms with Gasteiger partial charge in [0.2, 0.25) is 5.91 Å². The Kier molecular flexibility index (Phi) is 3.38. The number of carbonyl (C=O) groups is 1. The molecule has 1 amide bonds. The minimum atomic E-state index is 0.148. The fourth-order valence-electron chi connectivity index (χ4n) is 3.33. The molecule has 0 fully saturated rings. The zero-order valence-electron chi connectivity index (χ0n) is 12.4. The van der Waals surface area contributed by atoms with Crippen LogP contribution in [0.25, 0.3) is 0 Å². The molecule has 0 bridgehead atoms. The fourth-order valence-corrected chi connectivity index (χ4v) is 3.33. The van der Waals surface area contributed by atoms with E-state index in [1.54, 1.807) is 6.33 Å². The van der Waals surface area contributed by atoms with Crippen LogP contribution in [0, 0.1) is 0 Å². The first kappa shape index (κ1) is 13.5. The SMILES string of the molecule is O=C(CN[C@H]1CCc2ncnn2C1)N1CCc2ccccc21. The molecule has 6 nitrogen and oxygen atoms in total. The van der Waals surface area contributed by atoms with Crippen LogP contribution >= 0.6 is 0 Å². The molecule has 2 aromatic rings. The maximum atomic E-state index is 12.5. The molecule has 0 radical (unpaired) electrons. The van der Waals surface area contributed by atoms with Gasteiger partial charge in [-0.3, -0.25) is 4.79 Å². The number of aryl methyl sites for hydroxylation is 1. The molecule has 2 aliphatic heterocycles. The van der Waals surface area contributed by atoms with Gasteiger partial charge in [0.1, 0.15) is 12.2 Å². The first-order valence-electron chi connectivity index (χ1n) is 7.79. The van der Waals surface area contributed by atoms with Gasteiger partial charge in [-0.05, 0) is 24.5 Å². The second-order valence-electron chi connectivity index (χ2n) is 5.90.